The van der Waals surface area contributed by atoms with Gasteiger partial charge in [-0.2, -0.15) is 0 Å². The van der Waals surface area contributed by atoms with Crippen LogP contribution in [0.5, 0.6) is 0 Å². The number of benzene rings is 2. The van der Waals surface area contributed by atoms with E-state index < -0.39 is 4.92 Å². The number of halogens is 1. The molecule has 0 spiro atoms. The van der Waals surface area contributed by atoms with Crippen molar-refractivity contribution in [3.63, 3.8) is 0 Å². The third-order valence-corrected chi connectivity index (χ3v) is 3.51. The molecular weight excluding hydrogens is 338 g/mol. The molecule has 2 rings (SSSR count). The van der Waals surface area contributed by atoms with E-state index in [1.165, 1.54) is 12.1 Å². The average molecular weight is 350 g/mol. The van der Waals surface area contributed by atoms with E-state index in [-0.39, 0.29) is 11.6 Å². The van der Waals surface area contributed by atoms with Crippen LogP contribution in [-0.4, -0.2) is 17.9 Å². The number of amides is 1. The Morgan fingerprint density at radius 3 is 2.33 bits per heavy atom. The smallest absolute Gasteiger partial charge is 0.285 e. The van der Waals surface area contributed by atoms with Gasteiger partial charge in [0.05, 0.1) is 9.40 Å². The highest BCUT2D eigenvalue weighted by Crippen LogP contribution is 2.28. The van der Waals surface area contributed by atoms with Crippen molar-refractivity contribution in [2.75, 3.05) is 17.7 Å². The molecule has 2 aromatic rings. The summed E-state index contributed by atoms with van der Waals surface area (Å²) in [5.74, 6) is -0.325. The van der Waals surface area contributed by atoms with Crippen LogP contribution in [0, 0.1) is 10.1 Å². The van der Waals surface area contributed by atoms with E-state index in [1.54, 1.807) is 37.4 Å². The number of nitro benzene ring substituents is 1. The maximum Gasteiger partial charge on any atom is 0.285 e. The number of carbonyl (C=O) groups excluding carboxylic acids is 1. The molecule has 0 radical (unpaired) electrons. The van der Waals surface area contributed by atoms with Gasteiger partial charge in [0.2, 0.25) is 0 Å². The fourth-order valence-electron chi connectivity index (χ4n) is 1.72. The first-order valence-corrected chi connectivity index (χ1v) is 6.83. The van der Waals surface area contributed by atoms with Crippen LogP contribution in [0.1, 0.15) is 10.4 Å². The largest absolute Gasteiger partial charge is 0.388 e. The van der Waals surface area contributed by atoms with Crippen LogP contribution in [0.15, 0.2) is 46.9 Å². The van der Waals surface area contributed by atoms with E-state index in [0.717, 1.165) is 5.69 Å². The summed E-state index contributed by atoms with van der Waals surface area (Å²) in [5, 5.41) is 16.4. The summed E-state index contributed by atoms with van der Waals surface area (Å²) in [7, 11) is 1.79. The number of hydrogen-bond acceptors (Lipinski definition) is 4. The summed E-state index contributed by atoms with van der Waals surface area (Å²) in [5.41, 5.74) is 1.64. The summed E-state index contributed by atoms with van der Waals surface area (Å²) in [6.07, 6.45) is 0. The van der Waals surface area contributed by atoms with E-state index in [2.05, 4.69) is 26.6 Å². The van der Waals surface area contributed by atoms with Gasteiger partial charge in [-0.1, -0.05) is 0 Å². The lowest BCUT2D eigenvalue weighted by Crippen LogP contribution is -2.12. The van der Waals surface area contributed by atoms with Gasteiger partial charge >= 0.3 is 0 Å². The molecule has 7 heteroatoms. The zero-order valence-corrected chi connectivity index (χ0v) is 12.7. The summed E-state index contributed by atoms with van der Waals surface area (Å²) in [6.45, 7) is 0. The van der Waals surface area contributed by atoms with E-state index in [4.69, 9.17) is 0 Å². The van der Waals surface area contributed by atoms with Crippen molar-refractivity contribution in [1.29, 1.82) is 0 Å². The minimum Gasteiger partial charge on any atom is -0.388 e. The summed E-state index contributed by atoms with van der Waals surface area (Å²) in [4.78, 5) is 22.4. The van der Waals surface area contributed by atoms with Gasteiger partial charge in [0.15, 0.2) is 0 Å². The first-order valence-electron chi connectivity index (χ1n) is 6.04. The standard InChI is InChI=1S/C14H12BrN3O3/c1-16-10-4-2-9(3-5-10)14(19)17-11-6-7-12(15)13(8-11)18(20)21/h2-8,16H,1H3,(H,17,19). The summed E-state index contributed by atoms with van der Waals surface area (Å²) < 4.78 is 0.365. The Kier molecular flexibility index (Phi) is 4.54. The Morgan fingerprint density at radius 1 is 1.14 bits per heavy atom. The highest BCUT2D eigenvalue weighted by Gasteiger charge is 2.14. The third kappa shape index (κ3) is 3.57. The third-order valence-electron chi connectivity index (χ3n) is 2.84. The van der Waals surface area contributed by atoms with Crippen molar-refractivity contribution >= 4 is 38.9 Å². The van der Waals surface area contributed by atoms with Crippen LogP contribution < -0.4 is 10.6 Å². The molecule has 0 aromatic heterocycles. The quantitative estimate of drug-likeness (QED) is 0.651. The maximum atomic E-state index is 12.1. The van der Waals surface area contributed by atoms with E-state index >= 15 is 0 Å². The van der Waals surface area contributed by atoms with Crippen molar-refractivity contribution in [3.05, 3.63) is 62.6 Å². The second-order valence-electron chi connectivity index (χ2n) is 4.20. The Bertz CT molecular complexity index is 686. The molecule has 0 aliphatic carbocycles. The van der Waals surface area contributed by atoms with Gasteiger partial charge in [-0.3, -0.25) is 14.9 Å². The van der Waals surface area contributed by atoms with Crippen molar-refractivity contribution in [1.82, 2.24) is 0 Å². The Balaban J connectivity index is 2.19. The normalized spacial score (nSPS) is 10.0. The van der Waals surface area contributed by atoms with Crippen LogP contribution in [0.25, 0.3) is 0 Å². The highest BCUT2D eigenvalue weighted by molar-refractivity contribution is 9.10. The van der Waals surface area contributed by atoms with Gasteiger partial charge in [-0.15, -0.1) is 0 Å². The molecular formula is C14H12BrN3O3. The van der Waals surface area contributed by atoms with Gasteiger partial charge in [-0.25, -0.2) is 0 Å². The van der Waals surface area contributed by atoms with Crippen molar-refractivity contribution in [3.8, 4) is 0 Å². The number of carbonyl (C=O) groups is 1. The molecule has 0 bridgehead atoms. The molecule has 1 amide bonds. The summed E-state index contributed by atoms with van der Waals surface area (Å²) in [6, 6.07) is 11.3. The Hall–Kier alpha value is -2.41. The van der Waals surface area contributed by atoms with Gasteiger partial charge in [0, 0.05) is 30.1 Å². The zero-order chi connectivity index (χ0) is 15.4. The zero-order valence-electron chi connectivity index (χ0n) is 11.1. The molecule has 0 fully saturated rings. The van der Waals surface area contributed by atoms with Crippen molar-refractivity contribution in [2.24, 2.45) is 0 Å². The van der Waals surface area contributed by atoms with Crippen molar-refractivity contribution < 1.29 is 9.72 Å². The number of nitrogens with zero attached hydrogens (tertiary/aromatic N) is 1. The molecule has 2 N–H and O–H groups in total. The lowest BCUT2D eigenvalue weighted by molar-refractivity contribution is -0.385. The predicted molar refractivity (Wildman–Crippen MR) is 84.7 cm³/mol. The minimum absolute atomic E-state index is 0.0988. The molecule has 0 heterocycles. The van der Waals surface area contributed by atoms with Gasteiger partial charge in [0.25, 0.3) is 11.6 Å². The predicted octanol–water partition coefficient (Wildman–Crippen LogP) is 3.65. The number of hydrogen-bond donors (Lipinski definition) is 2. The Morgan fingerprint density at radius 2 is 1.76 bits per heavy atom. The number of nitro groups is 1. The molecule has 0 atom stereocenters. The Labute approximate surface area is 129 Å². The number of rotatable bonds is 4. The second kappa shape index (κ2) is 6.36. The van der Waals surface area contributed by atoms with Crippen LogP contribution in [-0.2, 0) is 0 Å². The average Bonchev–Trinajstić information content (AvgIpc) is 2.49. The van der Waals surface area contributed by atoms with Crippen molar-refractivity contribution in [2.45, 2.75) is 0 Å². The molecule has 0 aliphatic rings. The molecule has 2 aromatic carbocycles. The molecule has 0 saturated heterocycles. The number of nitrogens with one attached hydrogen (secondary N) is 2. The highest BCUT2D eigenvalue weighted by atomic mass is 79.9. The topological polar surface area (TPSA) is 84.3 Å². The van der Waals surface area contributed by atoms with Crippen LogP contribution in [0.3, 0.4) is 0 Å². The number of anilines is 2. The van der Waals surface area contributed by atoms with E-state index in [0.29, 0.717) is 15.7 Å². The summed E-state index contributed by atoms with van der Waals surface area (Å²) >= 11 is 3.10. The fourth-order valence-corrected chi connectivity index (χ4v) is 2.11. The first kappa shape index (κ1) is 15.0. The molecule has 0 unspecified atom stereocenters. The van der Waals surface area contributed by atoms with Gasteiger partial charge in [-0.05, 0) is 52.3 Å². The lowest BCUT2D eigenvalue weighted by atomic mass is 10.2. The second-order valence-corrected chi connectivity index (χ2v) is 5.06. The van der Waals surface area contributed by atoms with Crippen LogP contribution in [0.4, 0.5) is 17.1 Å². The van der Waals surface area contributed by atoms with E-state index in [1.807, 2.05) is 0 Å². The van der Waals surface area contributed by atoms with Crippen LogP contribution in [0.2, 0.25) is 0 Å². The minimum atomic E-state index is -0.512. The molecule has 0 aliphatic heterocycles. The molecule has 0 saturated carbocycles. The maximum absolute atomic E-state index is 12.1. The first-order chi connectivity index (χ1) is 10.0. The lowest BCUT2D eigenvalue weighted by Gasteiger charge is -2.07. The monoisotopic (exact) mass is 349 g/mol. The van der Waals surface area contributed by atoms with E-state index in [9.17, 15) is 14.9 Å². The van der Waals surface area contributed by atoms with Crippen LogP contribution >= 0.6 is 15.9 Å². The molecule has 6 nitrogen and oxygen atoms in total. The van der Waals surface area contributed by atoms with Gasteiger partial charge < -0.3 is 10.6 Å². The molecule has 108 valence electrons. The SMILES string of the molecule is CNc1ccc(C(=O)Nc2ccc(Br)c([N+](=O)[O-])c2)cc1. The fraction of sp³-hybridized carbons (Fsp3) is 0.0714. The molecule has 21 heavy (non-hydrogen) atoms. The van der Waals surface area contributed by atoms with Gasteiger partial charge in [0.1, 0.15) is 0 Å².